The predicted molar refractivity (Wildman–Crippen MR) is 58.9 cm³/mol. The fraction of sp³-hybridized carbons (Fsp3) is 0.125. The smallest absolute Gasteiger partial charge is 0.337 e. The maximum absolute atomic E-state index is 10.5. The molecule has 1 aromatic rings. The Morgan fingerprint density at radius 3 is 2.14 bits per heavy atom. The van der Waals surface area contributed by atoms with E-state index in [-0.39, 0.29) is 5.56 Å². The Balaban J connectivity index is 3.19. The number of carbonyl (C=O) groups is 1. The Morgan fingerprint density at radius 2 is 1.79 bits per heavy atom. The van der Waals surface area contributed by atoms with Gasteiger partial charge in [-0.15, -0.1) is 0 Å². The highest BCUT2D eigenvalue weighted by Gasteiger charge is 2.17. The van der Waals surface area contributed by atoms with E-state index in [1.165, 1.54) is 12.1 Å². The first-order chi connectivity index (χ1) is 6.43. The molecule has 4 N–H and O–H groups in total. The highest BCUT2D eigenvalue weighted by molar-refractivity contribution is 9.11. The number of nitrogen functional groups attached to an aromatic ring is 1. The van der Waals surface area contributed by atoms with E-state index in [1.54, 1.807) is 0 Å². The summed E-state index contributed by atoms with van der Waals surface area (Å²) >= 11 is 6.31. The third kappa shape index (κ3) is 2.26. The molecule has 0 radical (unpaired) electrons. The number of aliphatic hydroxyl groups is 1. The quantitative estimate of drug-likeness (QED) is 0.726. The van der Waals surface area contributed by atoms with Crippen LogP contribution < -0.4 is 5.73 Å². The summed E-state index contributed by atoms with van der Waals surface area (Å²) < 4.78 is 1.09. The molecule has 0 bridgehead atoms. The van der Waals surface area contributed by atoms with Gasteiger partial charge in [-0.1, -0.05) is 0 Å². The maximum Gasteiger partial charge on any atom is 0.337 e. The monoisotopic (exact) mass is 323 g/mol. The number of hydrogen-bond donors (Lipinski definition) is 3. The Hall–Kier alpha value is -0.590. The van der Waals surface area contributed by atoms with E-state index in [0.29, 0.717) is 14.6 Å². The first-order valence-electron chi connectivity index (χ1n) is 3.58. The van der Waals surface area contributed by atoms with Gasteiger partial charge in [-0.3, -0.25) is 0 Å². The third-order valence-electron chi connectivity index (χ3n) is 1.65. The van der Waals surface area contributed by atoms with Gasteiger partial charge in [0.2, 0.25) is 0 Å². The number of aliphatic hydroxyl groups excluding tert-OH is 1. The van der Waals surface area contributed by atoms with Crippen molar-refractivity contribution in [3.63, 3.8) is 0 Å². The molecule has 1 aromatic carbocycles. The van der Waals surface area contributed by atoms with E-state index < -0.39 is 12.1 Å². The highest BCUT2D eigenvalue weighted by atomic mass is 79.9. The second-order valence-electron chi connectivity index (χ2n) is 2.64. The van der Waals surface area contributed by atoms with Crippen LogP contribution in [0.5, 0.6) is 0 Å². The average Bonchev–Trinajstić information content (AvgIpc) is 2.12. The minimum Gasteiger partial charge on any atom is -0.479 e. The minimum absolute atomic E-state index is 0.269. The van der Waals surface area contributed by atoms with Crippen LogP contribution in [0, 0.1) is 0 Å². The molecule has 0 aromatic heterocycles. The van der Waals surface area contributed by atoms with Crippen molar-refractivity contribution < 1.29 is 15.0 Å². The summed E-state index contributed by atoms with van der Waals surface area (Å²) in [6.45, 7) is 0. The van der Waals surface area contributed by atoms with E-state index in [4.69, 9.17) is 10.8 Å². The lowest BCUT2D eigenvalue weighted by Crippen LogP contribution is -2.10. The van der Waals surface area contributed by atoms with Crippen molar-refractivity contribution in [2.24, 2.45) is 0 Å². The second kappa shape index (κ2) is 4.29. The number of aliphatic carboxylic acids is 1. The number of nitrogens with two attached hydrogens (primary N) is 1. The molecular weight excluding hydrogens is 318 g/mol. The first kappa shape index (κ1) is 11.5. The number of benzene rings is 1. The van der Waals surface area contributed by atoms with Crippen LogP contribution in [0.3, 0.4) is 0 Å². The lowest BCUT2D eigenvalue weighted by molar-refractivity contribution is -0.146. The predicted octanol–water partition coefficient (Wildman–Crippen LogP) is 1.91. The lowest BCUT2D eigenvalue weighted by atomic mass is 10.1. The standard InChI is InChI=1S/C8H7Br2NO3/c9-4-1-3(7(12)8(13)14)2-5(10)6(4)11/h1-2,7,12H,11H2,(H,13,14). The fourth-order valence-electron chi connectivity index (χ4n) is 0.904. The van der Waals surface area contributed by atoms with Crippen LogP contribution in [-0.4, -0.2) is 16.2 Å². The highest BCUT2D eigenvalue weighted by Crippen LogP contribution is 2.31. The molecule has 0 amide bonds. The summed E-state index contributed by atoms with van der Waals surface area (Å²) in [5.41, 5.74) is 6.34. The van der Waals surface area contributed by atoms with E-state index in [1.807, 2.05) is 0 Å². The first-order valence-corrected chi connectivity index (χ1v) is 5.17. The molecule has 0 aliphatic heterocycles. The number of halogens is 2. The number of carboxylic acids is 1. The number of carboxylic acid groups (broad SMARTS) is 1. The molecule has 4 nitrogen and oxygen atoms in total. The van der Waals surface area contributed by atoms with Crippen LogP contribution in [0.2, 0.25) is 0 Å². The molecular formula is C8H7Br2NO3. The van der Waals surface area contributed by atoms with Gasteiger partial charge in [-0.2, -0.15) is 0 Å². The molecule has 0 aliphatic carbocycles. The fourth-order valence-corrected chi connectivity index (χ4v) is 2.13. The molecule has 6 heteroatoms. The van der Waals surface area contributed by atoms with Gasteiger partial charge in [-0.05, 0) is 49.6 Å². The van der Waals surface area contributed by atoms with Gasteiger partial charge in [0, 0.05) is 8.95 Å². The summed E-state index contributed by atoms with van der Waals surface area (Å²) in [6.07, 6.45) is -1.54. The van der Waals surface area contributed by atoms with Crippen LogP contribution >= 0.6 is 31.9 Å². The van der Waals surface area contributed by atoms with Gasteiger partial charge in [0.05, 0.1) is 5.69 Å². The Labute approximate surface area is 97.0 Å². The minimum atomic E-state index is -1.54. The van der Waals surface area contributed by atoms with Gasteiger partial charge >= 0.3 is 5.97 Å². The average molecular weight is 325 g/mol. The molecule has 76 valence electrons. The van der Waals surface area contributed by atoms with E-state index in [9.17, 15) is 9.90 Å². The Kier molecular flexibility index (Phi) is 3.52. The largest absolute Gasteiger partial charge is 0.479 e. The van der Waals surface area contributed by atoms with Gasteiger partial charge in [0.1, 0.15) is 0 Å². The Bertz CT molecular complexity index is 358. The molecule has 0 spiro atoms. The normalized spacial score (nSPS) is 12.5. The SMILES string of the molecule is Nc1c(Br)cc(C(O)C(=O)O)cc1Br. The molecule has 0 saturated carbocycles. The van der Waals surface area contributed by atoms with E-state index >= 15 is 0 Å². The second-order valence-corrected chi connectivity index (χ2v) is 4.35. The van der Waals surface area contributed by atoms with Gasteiger partial charge < -0.3 is 15.9 Å². The van der Waals surface area contributed by atoms with Crippen LogP contribution in [0.4, 0.5) is 5.69 Å². The van der Waals surface area contributed by atoms with Crippen molar-refractivity contribution in [1.29, 1.82) is 0 Å². The number of anilines is 1. The van der Waals surface area contributed by atoms with Gasteiger partial charge in [0.15, 0.2) is 6.10 Å². The maximum atomic E-state index is 10.5. The molecule has 0 saturated heterocycles. The summed E-state index contributed by atoms with van der Waals surface area (Å²) in [5.74, 6) is -1.30. The molecule has 14 heavy (non-hydrogen) atoms. The summed E-state index contributed by atoms with van der Waals surface area (Å²) in [4.78, 5) is 10.5. The van der Waals surface area contributed by atoms with E-state index in [0.717, 1.165) is 0 Å². The molecule has 1 rings (SSSR count). The summed E-state index contributed by atoms with van der Waals surface area (Å²) in [5, 5.41) is 17.8. The molecule has 1 unspecified atom stereocenters. The topological polar surface area (TPSA) is 83.5 Å². The van der Waals surface area contributed by atoms with Crippen LogP contribution in [0.25, 0.3) is 0 Å². The molecule has 0 fully saturated rings. The zero-order valence-electron chi connectivity index (χ0n) is 6.87. The van der Waals surface area contributed by atoms with Crippen molar-refractivity contribution >= 4 is 43.5 Å². The van der Waals surface area contributed by atoms with Crippen molar-refractivity contribution in [2.75, 3.05) is 5.73 Å². The van der Waals surface area contributed by atoms with Gasteiger partial charge in [0.25, 0.3) is 0 Å². The van der Waals surface area contributed by atoms with Crippen molar-refractivity contribution in [3.05, 3.63) is 26.6 Å². The summed E-state index contributed by atoms with van der Waals surface area (Å²) in [7, 11) is 0. The van der Waals surface area contributed by atoms with Crippen molar-refractivity contribution in [2.45, 2.75) is 6.10 Å². The van der Waals surface area contributed by atoms with E-state index in [2.05, 4.69) is 31.9 Å². The number of hydrogen-bond acceptors (Lipinski definition) is 3. The molecule has 0 heterocycles. The van der Waals surface area contributed by atoms with Crippen LogP contribution in [0.15, 0.2) is 21.1 Å². The molecule has 1 atom stereocenters. The van der Waals surface area contributed by atoms with Crippen LogP contribution in [-0.2, 0) is 4.79 Å². The molecule has 0 aliphatic rings. The van der Waals surface area contributed by atoms with Gasteiger partial charge in [-0.25, -0.2) is 4.79 Å². The lowest BCUT2D eigenvalue weighted by Gasteiger charge is -2.09. The zero-order valence-corrected chi connectivity index (χ0v) is 10.0. The third-order valence-corrected chi connectivity index (χ3v) is 2.96. The van der Waals surface area contributed by atoms with Crippen molar-refractivity contribution in [3.8, 4) is 0 Å². The Morgan fingerprint density at radius 1 is 1.36 bits per heavy atom. The van der Waals surface area contributed by atoms with Crippen LogP contribution in [0.1, 0.15) is 11.7 Å². The van der Waals surface area contributed by atoms with Crippen molar-refractivity contribution in [1.82, 2.24) is 0 Å². The zero-order chi connectivity index (χ0) is 10.9. The number of rotatable bonds is 2. The summed E-state index contributed by atoms with van der Waals surface area (Å²) in [6, 6.07) is 2.94.